The van der Waals surface area contributed by atoms with Crippen molar-refractivity contribution in [2.24, 2.45) is 17.3 Å². The van der Waals surface area contributed by atoms with Crippen LogP contribution >= 0.6 is 11.8 Å². The molecule has 0 aliphatic carbocycles. The van der Waals surface area contributed by atoms with Crippen LogP contribution in [0.4, 0.5) is 0 Å². The summed E-state index contributed by atoms with van der Waals surface area (Å²) in [6.07, 6.45) is 0. The lowest BCUT2D eigenvalue weighted by atomic mass is 9.71. The third-order valence-corrected chi connectivity index (χ3v) is 5.22. The van der Waals surface area contributed by atoms with E-state index >= 15 is 0 Å². The molecule has 0 aromatic carbocycles. The van der Waals surface area contributed by atoms with Gasteiger partial charge in [0.15, 0.2) is 14.2 Å². The Morgan fingerprint density at radius 2 is 2.05 bits per heavy atom. The number of β-lactam (4-membered cyclic amide) rings is 1. The molecule has 1 N–H and O–H groups in total. The first kappa shape index (κ1) is 16.7. The molecule has 6 heteroatoms. The first-order chi connectivity index (χ1) is 8.62. The number of nitrogens with one attached hydrogen (secondary N) is 1. The average molecular weight is 304 g/mol. The van der Waals surface area contributed by atoms with Gasteiger partial charge in [-0.05, 0) is 18.5 Å². The summed E-state index contributed by atoms with van der Waals surface area (Å²) in [5, 5.41) is 2.78. The van der Waals surface area contributed by atoms with Gasteiger partial charge in [0.25, 0.3) is 0 Å². The minimum Gasteiger partial charge on any atom is -0.420 e. The summed E-state index contributed by atoms with van der Waals surface area (Å²) >= 11 is 1.22. The number of thioether (sulfide) groups is 1. The van der Waals surface area contributed by atoms with Gasteiger partial charge in [0, 0.05) is 19.4 Å². The number of carbonyl (C=O) groups is 2. The Bertz CT molecular complexity index is 354. The van der Waals surface area contributed by atoms with Crippen molar-refractivity contribution in [2.45, 2.75) is 46.2 Å². The molecule has 0 bridgehead atoms. The molecule has 1 saturated heterocycles. The zero-order valence-electron chi connectivity index (χ0n) is 12.6. The van der Waals surface area contributed by atoms with Gasteiger partial charge < -0.3 is 9.74 Å². The van der Waals surface area contributed by atoms with Crippen LogP contribution in [0.2, 0.25) is 13.1 Å². The van der Waals surface area contributed by atoms with Crippen molar-refractivity contribution in [2.75, 3.05) is 6.61 Å². The minimum absolute atomic E-state index is 0.0126. The van der Waals surface area contributed by atoms with Crippen LogP contribution in [0, 0.1) is 17.3 Å². The van der Waals surface area contributed by atoms with E-state index in [1.807, 2.05) is 0 Å². The third-order valence-electron chi connectivity index (χ3n) is 3.36. The average Bonchev–Trinajstić information content (AvgIpc) is 2.20. The fraction of sp³-hybridized carbons (Fsp3) is 0.846. The molecule has 19 heavy (non-hydrogen) atoms. The van der Waals surface area contributed by atoms with Gasteiger partial charge in [-0.15, -0.1) is 0 Å². The van der Waals surface area contributed by atoms with Crippen molar-refractivity contribution in [1.82, 2.24) is 5.32 Å². The molecule has 0 radical (unpaired) electrons. The van der Waals surface area contributed by atoms with E-state index < -0.39 is 9.04 Å². The number of carbonyl (C=O) groups excluding carboxylic acids is 2. The predicted octanol–water partition coefficient (Wildman–Crippen LogP) is 2.00. The second-order valence-corrected chi connectivity index (χ2v) is 10.2. The molecule has 1 rings (SSSR count). The Hall–Kier alpha value is -0.333. The lowest BCUT2D eigenvalue weighted by Gasteiger charge is -2.45. The molecule has 110 valence electrons. The maximum atomic E-state index is 11.9. The molecule has 0 spiro atoms. The Morgan fingerprint density at radius 1 is 1.47 bits per heavy atom. The lowest BCUT2D eigenvalue weighted by Crippen LogP contribution is -2.62. The van der Waals surface area contributed by atoms with Gasteiger partial charge >= 0.3 is 0 Å². The molecule has 1 aliphatic heterocycles. The van der Waals surface area contributed by atoms with Crippen LogP contribution in [0.25, 0.3) is 0 Å². The standard InChI is InChI=1S/C13H25NO3SSi/c1-8(15)18-12-10(11(16)14-12)9(13(2,3)4)7-17-19(5)6/h9-10,12,19H,7H2,1-6H3,(H,14,16)/t9-,10+,12-/m1/s1. The summed E-state index contributed by atoms with van der Waals surface area (Å²) in [6, 6.07) is 0. The highest BCUT2D eigenvalue weighted by atomic mass is 32.2. The van der Waals surface area contributed by atoms with E-state index in [2.05, 4.69) is 39.2 Å². The summed E-state index contributed by atoms with van der Waals surface area (Å²) in [5.41, 5.74) is -0.0126. The first-order valence-corrected chi connectivity index (χ1v) is 10.4. The van der Waals surface area contributed by atoms with Gasteiger partial charge in [0.05, 0.1) is 11.3 Å². The zero-order chi connectivity index (χ0) is 14.8. The maximum Gasteiger partial charge on any atom is 0.227 e. The molecule has 3 atom stereocenters. The smallest absolute Gasteiger partial charge is 0.227 e. The SMILES string of the molecule is CC(=O)S[C@H]1NC(=O)[C@@H]1[C@@H](CO[SiH](C)C)C(C)(C)C. The summed E-state index contributed by atoms with van der Waals surface area (Å²) in [4.78, 5) is 23.1. The summed E-state index contributed by atoms with van der Waals surface area (Å²) in [7, 11) is -1.10. The molecule has 0 saturated carbocycles. The third kappa shape index (κ3) is 4.61. The van der Waals surface area contributed by atoms with Crippen molar-refractivity contribution in [3.8, 4) is 0 Å². The Kier molecular flexibility index (Phi) is 5.64. The predicted molar refractivity (Wildman–Crippen MR) is 81.5 cm³/mol. The Morgan fingerprint density at radius 3 is 2.42 bits per heavy atom. The Balaban J connectivity index is 2.78. The molecule has 0 aromatic heterocycles. The lowest BCUT2D eigenvalue weighted by molar-refractivity contribution is -0.138. The van der Waals surface area contributed by atoms with Crippen molar-refractivity contribution >= 4 is 31.8 Å². The summed E-state index contributed by atoms with van der Waals surface area (Å²) in [5.74, 6) is 0.0716. The molecule has 0 aromatic rings. The van der Waals surface area contributed by atoms with E-state index in [1.165, 1.54) is 18.7 Å². The van der Waals surface area contributed by atoms with Gasteiger partial charge in [0.2, 0.25) is 5.91 Å². The minimum atomic E-state index is -1.10. The van der Waals surface area contributed by atoms with Gasteiger partial charge in [-0.25, -0.2) is 0 Å². The molecule has 0 unspecified atom stereocenters. The zero-order valence-corrected chi connectivity index (χ0v) is 14.6. The monoisotopic (exact) mass is 303 g/mol. The largest absolute Gasteiger partial charge is 0.420 e. The van der Waals surface area contributed by atoms with Crippen LogP contribution in [0.3, 0.4) is 0 Å². The topological polar surface area (TPSA) is 55.4 Å². The van der Waals surface area contributed by atoms with Crippen LogP contribution in [0.1, 0.15) is 27.7 Å². The molecule has 1 heterocycles. The van der Waals surface area contributed by atoms with Gasteiger partial charge in [-0.2, -0.15) is 0 Å². The fourth-order valence-electron chi connectivity index (χ4n) is 2.23. The molecule has 1 amide bonds. The van der Waals surface area contributed by atoms with Gasteiger partial charge in [0.1, 0.15) is 0 Å². The summed E-state index contributed by atoms with van der Waals surface area (Å²) < 4.78 is 5.85. The quantitative estimate of drug-likeness (QED) is 0.623. The van der Waals surface area contributed by atoms with Crippen LogP contribution in [-0.2, 0) is 14.0 Å². The number of amides is 1. The molecule has 1 fully saturated rings. The second-order valence-electron chi connectivity index (χ2n) is 6.42. The number of rotatable bonds is 5. The highest BCUT2D eigenvalue weighted by Crippen LogP contribution is 2.41. The Labute approximate surface area is 121 Å². The van der Waals surface area contributed by atoms with E-state index in [0.29, 0.717) is 6.61 Å². The number of hydrogen-bond donors (Lipinski definition) is 1. The molecular formula is C13H25NO3SSi. The fourth-order valence-corrected chi connectivity index (χ4v) is 3.82. The van der Waals surface area contributed by atoms with Crippen molar-refractivity contribution in [3.63, 3.8) is 0 Å². The van der Waals surface area contributed by atoms with E-state index in [9.17, 15) is 9.59 Å². The van der Waals surface area contributed by atoms with Crippen LogP contribution in [0.15, 0.2) is 0 Å². The maximum absolute atomic E-state index is 11.9. The highest BCUT2D eigenvalue weighted by Gasteiger charge is 2.49. The van der Waals surface area contributed by atoms with Crippen LogP contribution in [-0.4, -0.2) is 32.0 Å². The molecule has 1 aliphatic rings. The van der Waals surface area contributed by atoms with Crippen molar-refractivity contribution in [3.05, 3.63) is 0 Å². The van der Waals surface area contributed by atoms with E-state index in [0.717, 1.165) is 0 Å². The van der Waals surface area contributed by atoms with Crippen LogP contribution < -0.4 is 5.32 Å². The van der Waals surface area contributed by atoms with Crippen molar-refractivity contribution < 1.29 is 14.0 Å². The summed E-state index contributed by atoms with van der Waals surface area (Å²) in [6.45, 7) is 12.8. The van der Waals surface area contributed by atoms with Crippen LogP contribution in [0.5, 0.6) is 0 Å². The van der Waals surface area contributed by atoms with E-state index in [-0.39, 0.29) is 33.6 Å². The van der Waals surface area contributed by atoms with E-state index in [1.54, 1.807) is 0 Å². The molecule has 4 nitrogen and oxygen atoms in total. The van der Waals surface area contributed by atoms with Crippen molar-refractivity contribution in [1.29, 1.82) is 0 Å². The van der Waals surface area contributed by atoms with Gasteiger partial charge in [-0.3, -0.25) is 9.59 Å². The first-order valence-electron chi connectivity index (χ1n) is 6.72. The van der Waals surface area contributed by atoms with Gasteiger partial charge in [-0.1, -0.05) is 32.5 Å². The number of hydrogen-bond acceptors (Lipinski definition) is 4. The normalized spacial score (nSPS) is 24.9. The van der Waals surface area contributed by atoms with E-state index in [4.69, 9.17) is 4.43 Å². The molecular weight excluding hydrogens is 278 g/mol. The highest BCUT2D eigenvalue weighted by molar-refractivity contribution is 8.14. The second kappa shape index (κ2) is 6.41.